The van der Waals surface area contributed by atoms with Crippen LogP contribution in [0.3, 0.4) is 0 Å². The van der Waals surface area contributed by atoms with Crippen molar-refractivity contribution in [1.82, 2.24) is 15.1 Å². The molecule has 1 aliphatic rings. The van der Waals surface area contributed by atoms with Crippen LogP contribution < -0.4 is 5.32 Å². The zero-order valence-corrected chi connectivity index (χ0v) is 18.3. The Labute approximate surface area is 189 Å². The first-order valence-corrected chi connectivity index (χ1v) is 11.3. The van der Waals surface area contributed by atoms with Crippen molar-refractivity contribution in [2.24, 2.45) is 0 Å². The number of thioether (sulfide) groups is 1. The van der Waals surface area contributed by atoms with Gasteiger partial charge < -0.3 is 10.1 Å². The number of halogens is 2. The molecular formula is C23H22F2N4O2S. The lowest BCUT2D eigenvalue weighted by atomic mass is 10.1. The van der Waals surface area contributed by atoms with Crippen molar-refractivity contribution in [3.05, 3.63) is 71.4 Å². The second-order valence-electron chi connectivity index (χ2n) is 7.29. The molecule has 166 valence electrons. The standard InChI is InChI=1S/C23H22F2N4O2S/c1-31-23(30)22-20(13-19(27-28-22)21-17(24)3-2-4-18(21)25)26-16-7-5-15(6-8-16)14-29-9-11-32-12-10-29/h2-8,13H,9-12,14H2,1H3,(H,26,27). The summed E-state index contributed by atoms with van der Waals surface area (Å²) in [5.74, 6) is 0.0551. The second kappa shape index (κ2) is 10.1. The molecule has 0 atom stereocenters. The summed E-state index contributed by atoms with van der Waals surface area (Å²) < 4.78 is 33.2. The highest BCUT2D eigenvalue weighted by atomic mass is 32.2. The lowest BCUT2D eigenvalue weighted by Crippen LogP contribution is -2.31. The molecule has 0 bridgehead atoms. The number of esters is 1. The largest absolute Gasteiger partial charge is 0.464 e. The number of aromatic nitrogens is 2. The maximum atomic E-state index is 14.2. The molecule has 2 aromatic carbocycles. The van der Waals surface area contributed by atoms with Crippen molar-refractivity contribution in [3.8, 4) is 11.3 Å². The van der Waals surface area contributed by atoms with Crippen molar-refractivity contribution in [2.75, 3.05) is 37.0 Å². The molecular weight excluding hydrogens is 434 g/mol. The van der Waals surface area contributed by atoms with Crippen LogP contribution >= 0.6 is 11.8 Å². The Morgan fingerprint density at radius 3 is 2.44 bits per heavy atom. The summed E-state index contributed by atoms with van der Waals surface area (Å²) in [5.41, 5.74) is 1.69. The average molecular weight is 457 g/mol. The lowest BCUT2D eigenvalue weighted by Gasteiger charge is -2.26. The van der Waals surface area contributed by atoms with Crippen LogP contribution in [0.15, 0.2) is 48.5 Å². The molecule has 0 saturated carbocycles. The number of hydrogen-bond acceptors (Lipinski definition) is 7. The smallest absolute Gasteiger partial charge is 0.360 e. The van der Waals surface area contributed by atoms with Gasteiger partial charge in [0.2, 0.25) is 0 Å². The summed E-state index contributed by atoms with van der Waals surface area (Å²) in [6.07, 6.45) is 0. The van der Waals surface area contributed by atoms with E-state index in [1.54, 1.807) is 0 Å². The van der Waals surface area contributed by atoms with Gasteiger partial charge in [-0.05, 0) is 35.9 Å². The molecule has 3 aromatic rings. The van der Waals surface area contributed by atoms with Crippen LogP contribution in [0.2, 0.25) is 0 Å². The monoisotopic (exact) mass is 456 g/mol. The van der Waals surface area contributed by atoms with Crippen LogP contribution in [0.1, 0.15) is 16.1 Å². The van der Waals surface area contributed by atoms with E-state index in [0.717, 1.165) is 43.3 Å². The molecule has 1 aliphatic heterocycles. The molecule has 32 heavy (non-hydrogen) atoms. The molecule has 1 N–H and O–H groups in total. The Hall–Kier alpha value is -3.04. The Bertz CT molecular complexity index is 1090. The van der Waals surface area contributed by atoms with Crippen molar-refractivity contribution in [2.45, 2.75) is 6.54 Å². The van der Waals surface area contributed by atoms with Crippen LogP contribution in [0.5, 0.6) is 0 Å². The number of rotatable bonds is 6. The molecule has 0 unspecified atom stereocenters. The van der Waals surface area contributed by atoms with Gasteiger partial charge in [0, 0.05) is 36.8 Å². The molecule has 0 radical (unpaired) electrons. The second-order valence-corrected chi connectivity index (χ2v) is 8.52. The third-order valence-electron chi connectivity index (χ3n) is 5.13. The van der Waals surface area contributed by atoms with E-state index in [9.17, 15) is 13.6 Å². The van der Waals surface area contributed by atoms with E-state index in [1.165, 1.54) is 24.8 Å². The van der Waals surface area contributed by atoms with Gasteiger partial charge in [-0.25, -0.2) is 13.6 Å². The summed E-state index contributed by atoms with van der Waals surface area (Å²) >= 11 is 1.97. The highest BCUT2D eigenvalue weighted by molar-refractivity contribution is 7.99. The van der Waals surface area contributed by atoms with Crippen LogP contribution in [-0.2, 0) is 11.3 Å². The summed E-state index contributed by atoms with van der Waals surface area (Å²) in [5, 5.41) is 10.8. The van der Waals surface area contributed by atoms with Crippen LogP contribution in [-0.4, -0.2) is 52.8 Å². The maximum absolute atomic E-state index is 14.2. The van der Waals surface area contributed by atoms with Crippen molar-refractivity contribution in [3.63, 3.8) is 0 Å². The highest BCUT2D eigenvalue weighted by Gasteiger charge is 2.20. The number of nitrogens with one attached hydrogen (secondary N) is 1. The van der Waals surface area contributed by atoms with E-state index in [0.29, 0.717) is 5.69 Å². The number of carbonyl (C=O) groups excluding carboxylic acids is 1. The first-order chi connectivity index (χ1) is 15.5. The minimum absolute atomic E-state index is 0.0321. The number of methoxy groups -OCH3 is 1. The Kier molecular flexibility index (Phi) is 6.96. The zero-order valence-electron chi connectivity index (χ0n) is 17.5. The summed E-state index contributed by atoms with van der Waals surface area (Å²) in [7, 11) is 1.23. The van der Waals surface area contributed by atoms with Gasteiger partial charge in [0.1, 0.15) is 17.3 Å². The molecule has 4 rings (SSSR count). The fourth-order valence-corrected chi connectivity index (χ4v) is 4.44. The minimum Gasteiger partial charge on any atom is -0.464 e. The number of hydrogen-bond donors (Lipinski definition) is 1. The normalized spacial score (nSPS) is 14.2. The Morgan fingerprint density at radius 2 is 1.78 bits per heavy atom. The topological polar surface area (TPSA) is 67.3 Å². The van der Waals surface area contributed by atoms with Gasteiger partial charge in [0.25, 0.3) is 0 Å². The summed E-state index contributed by atoms with van der Waals surface area (Å²) in [4.78, 5) is 14.6. The summed E-state index contributed by atoms with van der Waals surface area (Å²) in [6.45, 7) is 3.03. The van der Waals surface area contributed by atoms with Crippen molar-refractivity contribution in [1.29, 1.82) is 0 Å². The molecule has 0 aliphatic carbocycles. The molecule has 1 fully saturated rings. The predicted molar refractivity (Wildman–Crippen MR) is 121 cm³/mol. The fraction of sp³-hybridized carbons (Fsp3) is 0.261. The van der Waals surface area contributed by atoms with Gasteiger partial charge in [-0.2, -0.15) is 11.8 Å². The van der Waals surface area contributed by atoms with Crippen LogP contribution in [0.25, 0.3) is 11.3 Å². The average Bonchev–Trinajstić information content (AvgIpc) is 2.81. The molecule has 0 spiro atoms. The molecule has 1 saturated heterocycles. The molecule has 0 amide bonds. The van der Waals surface area contributed by atoms with E-state index >= 15 is 0 Å². The van der Waals surface area contributed by atoms with Gasteiger partial charge in [0.15, 0.2) is 5.69 Å². The first-order valence-electron chi connectivity index (χ1n) is 10.1. The van der Waals surface area contributed by atoms with Crippen LogP contribution in [0.4, 0.5) is 20.2 Å². The van der Waals surface area contributed by atoms with E-state index in [4.69, 9.17) is 4.74 Å². The minimum atomic E-state index is -0.767. The Balaban J connectivity index is 1.60. The first kappa shape index (κ1) is 22.2. The number of benzene rings is 2. The number of nitrogens with zero attached hydrogens (tertiary/aromatic N) is 3. The zero-order chi connectivity index (χ0) is 22.5. The maximum Gasteiger partial charge on any atom is 0.360 e. The summed E-state index contributed by atoms with van der Waals surface area (Å²) in [6, 6.07) is 12.7. The highest BCUT2D eigenvalue weighted by Crippen LogP contribution is 2.29. The van der Waals surface area contributed by atoms with Gasteiger partial charge in [-0.1, -0.05) is 18.2 Å². The van der Waals surface area contributed by atoms with Gasteiger partial charge in [-0.3, -0.25) is 4.90 Å². The van der Waals surface area contributed by atoms with E-state index in [1.807, 2.05) is 36.0 Å². The Morgan fingerprint density at radius 1 is 1.09 bits per heavy atom. The van der Waals surface area contributed by atoms with Crippen LogP contribution in [0, 0.1) is 11.6 Å². The predicted octanol–water partition coefficient (Wildman–Crippen LogP) is 4.50. The number of carbonyl (C=O) groups is 1. The fourth-order valence-electron chi connectivity index (χ4n) is 3.47. The third kappa shape index (κ3) is 5.05. The van der Waals surface area contributed by atoms with E-state index in [-0.39, 0.29) is 22.6 Å². The van der Waals surface area contributed by atoms with E-state index in [2.05, 4.69) is 20.4 Å². The molecule has 1 aromatic heterocycles. The number of ether oxygens (including phenoxy) is 1. The third-order valence-corrected chi connectivity index (χ3v) is 6.08. The lowest BCUT2D eigenvalue weighted by molar-refractivity contribution is 0.0594. The SMILES string of the molecule is COC(=O)c1nnc(-c2c(F)cccc2F)cc1Nc1ccc(CN2CCSCC2)cc1. The van der Waals surface area contributed by atoms with E-state index < -0.39 is 17.6 Å². The number of anilines is 2. The van der Waals surface area contributed by atoms with Crippen molar-refractivity contribution < 1.29 is 18.3 Å². The quantitative estimate of drug-likeness (QED) is 0.548. The van der Waals surface area contributed by atoms with Gasteiger partial charge in [-0.15, -0.1) is 10.2 Å². The molecule has 9 heteroatoms. The van der Waals surface area contributed by atoms with Gasteiger partial charge in [0.05, 0.1) is 18.4 Å². The van der Waals surface area contributed by atoms with Crippen molar-refractivity contribution >= 4 is 29.1 Å². The molecule has 6 nitrogen and oxygen atoms in total. The molecule has 2 heterocycles. The van der Waals surface area contributed by atoms with Gasteiger partial charge >= 0.3 is 5.97 Å².